The fourth-order valence-corrected chi connectivity index (χ4v) is 11.5. The van der Waals surface area contributed by atoms with Crippen molar-refractivity contribution in [1.29, 1.82) is 0 Å². The minimum Gasteiger partial charge on any atom is -0.458 e. The first-order valence-corrected chi connectivity index (χ1v) is 18.4. The normalized spacial score (nSPS) is 54.2. The van der Waals surface area contributed by atoms with E-state index in [0.29, 0.717) is 44.9 Å². The second kappa shape index (κ2) is 13.6. The molecule has 15 nitrogen and oxygen atoms in total. The molecule has 0 amide bonds. The maximum absolute atomic E-state index is 13.2. The lowest BCUT2D eigenvalue weighted by molar-refractivity contribution is -0.363. The molecule has 4 saturated carbocycles. The fourth-order valence-electron chi connectivity index (χ4n) is 11.5. The smallest absolute Gasteiger partial charge is 0.331 e. The van der Waals surface area contributed by atoms with Gasteiger partial charge in [0, 0.05) is 25.0 Å². The van der Waals surface area contributed by atoms with Crippen molar-refractivity contribution in [1.82, 2.24) is 0 Å². The Morgan fingerprint density at radius 1 is 0.882 bits per heavy atom. The van der Waals surface area contributed by atoms with Gasteiger partial charge < -0.3 is 69.0 Å². The number of carbonyl (C=O) groups excluding carboxylic acids is 2. The molecule has 18 unspecified atom stereocenters. The maximum Gasteiger partial charge on any atom is 0.331 e. The zero-order valence-electron chi connectivity index (χ0n) is 29.4. The van der Waals surface area contributed by atoms with Crippen LogP contribution in [0.1, 0.15) is 71.6 Å². The average Bonchev–Trinajstić information content (AvgIpc) is 3.65. The van der Waals surface area contributed by atoms with E-state index >= 15 is 0 Å². The van der Waals surface area contributed by atoms with E-state index in [9.17, 15) is 45.3 Å². The van der Waals surface area contributed by atoms with Gasteiger partial charge in [-0.05, 0) is 81.6 Å². The molecule has 6 fully saturated rings. The molecule has 4 aliphatic carbocycles. The number of rotatable bonds is 8. The van der Waals surface area contributed by atoms with Gasteiger partial charge in [0.25, 0.3) is 0 Å². The molecular formula is C36H54O15. The number of aldehydes is 1. The number of methoxy groups -OCH3 is 1. The van der Waals surface area contributed by atoms with Crippen molar-refractivity contribution in [3.8, 4) is 0 Å². The minimum atomic E-state index is -1.66. The van der Waals surface area contributed by atoms with E-state index in [1.54, 1.807) is 13.0 Å². The lowest BCUT2D eigenvalue weighted by Crippen LogP contribution is -2.69. The van der Waals surface area contributed by atoms with E-state index in [0.717, 1.165) is 18.3 Å². The maximum atomic E-state index is 13.2. The standard InChI is InChI=1S/C36H54O15/c1-17-29(51-31-27(42)26(41)25(40)23(14-37)50-31)30(46-3)28(43)32(48-17)49-19-4-9-34(16-38)21-5-8-33(2)20(18-12-24(39)47-15-18)7-11-36(33,45)22(21)6-10-35(34,44)13-19/h12,16-17,19-23,25-32,37,40-45H,4-11,13-15H2,1-3H3. The van der Waals surface area contributed by atoms with Crippen LogP contribution < -0.4 is 0 Å². The predicted molar refractivity (Wildman–Crippen MR) is 172 cm³/mol. The minimum absolute atomic E-state index is 0.00877. The van der Waals surface area contributed by atoms with Crippen LogP contribution >= 0.6 is 0 Å². The van der Waals surface area contributed by atoms with Crippen molar-refractivity contribution in [3.63, 3.8) is 0 Å². The Labute approximate surface area is 296 Å². The summed E-state index contributed by atoms with van der Waals surface area (Å²) < 4.78 is 34.6. The number of esters is 1. The molecule has 7 rings (SSSR count). The summed E-state index contributed by atoms with van der Waals surface area (Å²) >= 11 is 0. The zero-order chi connectivity index (χ0) is 36.7. The molecule has 0 aromatic carbocycles. The first-order valence-electron chi connectivity index (χ1n) is 18.4. The van der Waals surface area contributed by atoms with Gasteiger partial charge in [0.1, 0.15) is 55.6 Å². The molecule has 288 valence electrons. The van der Waals surface area contributed by atoms with Gasteiger partial charge in [-0.25, -0.2) is 4.79 Å². The number of hydrogen-bond donors (Lipinski definition) is 7. The molecule has 7 N–H and O–H groups in total. The highest BCUT2D eigenvalue weighted by Crippen LogP contribution is 2.70. The Kier molecular flexibility index (Phi) is 10.1. The molecule has 0 aromatic heterocycles. The lowest BCUT2D eigenvalue weighted by atomic mass is 9.41. The third-order valence-corrected chi connectivity index (χ3v) is 14.3. The van der Waals surface area contributed by atoms with Crippen molar-refractivity contribution >= 4 is 12.3 Å². The largest absolute Gasteiger partial charge is 0.458 e. The van der Waals surface area contributed by atoms with Crippen LogP contribution in [0.3, 0.4) is 0 Å². The Morgan fingerprint density at radius 3 is 2.27 bits per heavy atom. The highest BCUT2D eigenvalue weighted by Gasteiger charge is 2.71. The van der Waals surface area contributed by atoms with Gasteiger partial charge in [-0.2, -0.15) is 0 Å². The molecule has 3 heterocycles. The van der Waals surface area contributed by atoms with E-state index in [4.69, 9.17) is 28.4 Å². The van der Waals surface area contributed by atoms with E-state index in [2.05, 4.69) is 6.92 Å². The van der Waals surface area contributed by atoms with Crippen LogP contribution in [0, 0.1) is 28.6 Å². The van der Waals surface area contributed by atoms with Crippen molar-refractivity contribution in [2.24, 2.45) is 28.6 Å². The van der Waals surface area contributed by atoms with Crippen LogP contribution in [0.15, 0.2) is 11.6 Å². The van der Waals surface area contributed by atoms with Gasteiger partial charge in [0.2, 0.25) is 0 Å². The SMILES string of the molecule is COC1C(O)C(OC2CCC3(C=O)C4CCC5(C)C(C6=CC(=O)OC6)CCC5(O)C4CCC3(O)C2)OC(C)C1OC1OC(CO)C(O)C(O)C1O. The highest BCUT2D eigenvalue weighted by atomic mass is 16.7. The van der Waals surface area contributed by atoms with E-state index < -0.39 is 96.2 Å². The summed E-state index contributed by atoms with van der Waals surface area (Å²) in [5.74, 6) is -0.777. The highest BCUT2D eigenvalue weighted by molar-refractivity contribution is 5.85. The third-order valence-electron chi connectivity index (χ3n) is 14.3. The number of cyclic esters (lactones) is 1. The van der Waals surface area contributed by atoms with Crippen molar-refractivity contribution in [2.75, 3.05) is 20.3 Å². The van der Waals surface area contributed by atoms with Crippen LogP contribution in [0.25, 0.3) is 0 Å². The van der Waals surface area contributed by atoms with Crippen LogP contribution in [0.5, 0.6) is 0 Å². The van der Waals surface area contributed by atoms with Gasteiger partial charge in [0.05, 0.1) is 35.4 Å². The van der Waals surface area contributed by atoms with Gasteiger partial charge in [-0.15, -0.1) is 0 Å². The van der Waals surface area contributed by atoms with Crippen LogP contribution in [0.2, 0.25) is 0 Å². The molecule has 0 radical (unpaired) electrons. The van der Waals surface area contributed by atoms with E-state index in [-0.39, 0.29) is 36.8 Å². The zero-order valence-corrected chi connectivity index (χ0v) is 29.4. The number of aliphatic hydroxyl groups is 7. The molecule has 0 spiro atoms. The first-order chi connectivity index (χ1) is 24.2. The monoisotopic (exact) mass is 726 g/mol. The summed E-state index contributed by atoms with van der Waals surface area (Å²) in [5, 5.41) is 76.7. The summed E-state index contributed by atoms with van der Waals surface area (Å²) in [7, 11) is 1.36. The topological polar surface area (TPSA) is 231 Å². The average molecular weight is 727 g/mol. The van der Waals surface area contributed by atoms with Gasteiger partial charge >= 0.3 is 5.97 Å². The van der Waals surface area contributed by atoms with Crippen LogP contribution in [0.4, 0.5) is 0 Å². The van der Waals surface area contributed by atoms with Crippen LogP contribution in [-0.2, 0) is 38.0 Å². The first kappa shape index (κ1) is 37.7. The number of hydrogen-bond acceptors (Lipinski definition) is 15. The van der Waals surface area contributed by atoms with Crippen molar-refractivity contribution in [3.05, 3.63) is 11.6 Å². The summed E-state index contributed by atoms with van der Waals surface area (Å²) in [5.41, 5.74) is -3.11. The third kappa shape index (κ3) is 5.68. The Morgan fingerprint density at radius 2 is 1.61 bits per heavy atom. The van der Waals surface area contributed by atoms with E-state index in [1.807, 2.05) is 0 Å². The number of ether oxygens (including phenoxy) is 6. The van der Waals surface area contributed by atoms with Crippen molar-refractivity contribution < 1.29 is 73.8 Å². The fraction of sp³-hybridized carbons (Fsp3) is 0.889. The second-order valence-corrected chi connectivity index (χ2v) is 16.4. The van der Waals surface area contributed by atoms with Gasteiger partial charge in [-0.1, -0.05) is 6.92 Å². The van der Waals surface area contributed by atoms with Crippen LogP contribution in [-0.4, -0.2) is 147 Å². The number of fused-ring (bicyclic) bond motifs is 5. The summed E-state index contributed by atoms with van der Waals surface area (Å²) in [6.07, 6.45) is -6.79. The molecule has 0 aromatic rings. The lowest BCUT2D eigenvalue weighted by Gasteiger charge is -2.65. The molecule has 51 heavy (non-hydrogen) atoms. The molecule has 15 heteroatoms. The van der Waals surface area contributed by atoms with Crippen molar-refractivity contribution in [2.45, 2.75) is 150 Å². The van der Waals surface area contributed by atoms with E-state index in [1.165, 1.54) is 7.11 Å². The number of aliphatic hydroxyl groups excluding tert-OH is 5. The Hall–Kier alpha value is -1.60. The van der Waals surface area contributed by atoms with Gasteiger partial charge in [0.15, 0.2) is 12.6 Å². The summed E-state index contributed by atoms with van der Waals surface area (Å²) in [6.45, 7) is 3.37. The Balaban J connectivity index is 1.03. The quantitative estimate of drug-likeness (QED) is 0.0925. The molecule has 7 aliphatic rings. The Bertz CT molecular complexity index is 1360. The predicted octanol–water partition coefficient (Wildman–Crippen LogP) is -0.772. The molecule has 0 bridgehead atoms. The van der Waals surface area contributed by atoms with Gasteiger partial charge in [-0.3, -0.25) is 0 Å². The summed E-state index contributed by atoms with van der Waals surface area (Å²) in [6, 6.07) is 0. The number of carbonyl (C=O) groups is 2. The molecule has 2 saturated heterocycles. The second-order valence-electron chi connectivity index (χ2n) is 16.4. The summed E-state index contributed by atoms with van der Waals surface area (Å²) in [4.78, 5) is 25.1. The molecule has 3 aliphatic heterocycles. The molecule has 18 atom stereocenters. The molecular weight excluding hydrogens is 672 g/mol.